The van der Waals surface area contributed by atoms with Crippen LogP contribution in [0.4, 0.5) is 18.9 Å². The van der Waals surface area contributed by atoms with Gasteiger partial charge in [-0.2, -0.15) is 13.2 Å². The van der Waals surface area contributed by atoms with Crippen molar-refractivity contribution in [1.29, 1.82) is 0 Å². The number of likely N-dealkylation sites (N-methyl/N-ethyl adjacent to an activating group) is 1. The number of ether oxygens (including phenoxy) is 1. The summed E-state index contributed by atoms with van der Waals surface area (Å²) in [7, 11) is -2.05. The van der Waals surface area contributed by atoms with Gasteiger partial charge in [0.2, 0.25) is 5.91 Å². The topological polar surface area (TPSA) is 99.2 Å². The fraction of sp³-hybridized carbons (Fsp3) is 0.406. The van der Waals surface area contributed by atoms with Crippen molar-refractivity contribution < 1.29 is 36.2 Å². The van der Waals surface area contributed by atoms with Gasteiger partial charge < -0.3 is 14.7 Å². The van der Waals surface area contributed by atoms with Gasteiger partial charge in [-0.1, -0.05) is 36.8 Å². The van der Waals surface area contributed by atoms with Crippen LogP contribution in [0.1, 0.15) is 36.1 Å². The summed E-state index contributed by atoms with van der Waals surface area (Å²) in [6.07, 6.45) is -4.92. The zero-order valence-electron chi connectivity index (χ0n) is 25.1. The molecular formula is C32H38F3N3O5S. The summed E-state index contributed by atoms with van der Waals surface area (Å²) < 4.78 is 74.1. The third-order valence-corrected chi connectivity index (χ3v) is 9.12. The number of amides is 1. The van der Waals surface area contributed by atoms with Gasteiger partial charge in [0.25, 0.3) is 10.0 Å². The number of nitrogens with zero attached hydrogens (tertiary/aromatic N) is 2. The molecule has 0 radical (unpaired) electrons. The lowest BCUT2D eigenvalue weighted by Gasteiger charge is -2.34. The highest BCUT2D eigenvalue weighted by Gasteiger charge is 2.32. The molecule has 0 unspecified atom stereocenters. The molecule has 3 aromatic rings. The summed E-state index contributed by atoms with van der Waals surface area (Å²) in [6.45, 7) is 6.38. The van der Waals surface area contributed by atoms with Gasteiger partial charge in [0.15, 0.2) is 0 Å². The van der Waals surface area contributed by atoms with Crippen molar-refractivity contribution in [2.45, 2.75) is 57.0 Å². The molecule has 0 aromatic heterocycles. The number of sulfonamides is 1. The third kappa shape index (κ3) is 8.30. The number of hydrogen-bond donors (Lipinski definition) is 2. The van der Waals surface area contributed by atoms with Crippen molar-refractivity contribution in [3.8, 4) is 5.75 Å². The number of aliphatic hydroxyl groups is 1. The summed E-state index contributed by atoms with van der Waals surface area (Å²) in [6, 6.07) is 15.8. The Bertz CT molecular complexity index is 1550. The number of aryl methyl sites for hydroxylation is 1. The van der Waals surface area contributed by atoms with Crippen LogP contribution in [-0.2, 0) is 34.0 Å². The molecule has 1 aliphatic rings. The third-order valence-electron chi connectivity index (χ3n) is 7.73. The Balaban J connectivity index is 1.60. The lowest BCUT2D eigenvalue weighted by Crippen LogP contribution is -2.47. The highest BCUT2D eigenvalue weighted by molar-refractivity contribution is 7.92. The Morgan fingerprint density at radius 3 is 2.36 bits per heavy atom. The van der Waals surface area contributed by atoms with Crippen LogP contribution in [0.25, 0.3) is 0 Å². The monoisotopic (exact) mass is 633 g/mol. The van der Waals surface area contributed by atoms with Gasteiger partial charge >= 0.3 is 6.18 Å². The van der Waals surface area contributed by atoms with Crippen LogP contribution in [0.2, 0.25) is 0 Å². The van der Waals surface area contributed by atoms with E-state index < -0.39 is 33.9 Å². The lowest BCUT2D eigenvalue weighted by atomic mass is 10.0. The Kier molecular flexibility index (Phi) is 10.3. The van der Waals surface area contributed by atoms with Gasteiger partial charge in [-0.25, -0.2) is 8.42 Å². The van der Waals surface area contributed by atoms with Gasteiger partial charge in [0.05, 0.1) is 29.5 Å². The molecule has 1 heterocycles. The second kappa shape index (κ2) is 13.6. The summed E-state index contributed by atoms with van der Waals surface area (Å²) in [5, 5.41) is 9.88. The van der Waals surface area contributed by atoms with Crippen LogP contribution in [0.15, 0.2) is 71.6 Å². The molecule has 0 saturated carbocycles. The quantitative estimate of drug-likeness (QED) is 0.341. The van der Waals surface area contributed by atoms with E-state index >= 15 is 0 Å². The molecule has 0 fully saturated rings. The number of halogens is 3. The van der Waals surface area contributed by atoms with E-state index in [-0.39, 0.29) is 35.4 Å². The first kappa shape index (κ1) is 33.3. The van der Waals surface area contributed by atoms with Crippen LogP contribution in [0.5, 0.6) is 5.75 Å². The van der Waals surface area contributed by atoms with Gasteiger partial charge in [-0.05, 0) is 68.9 Å². The zero-order chi connectivity index (χ0) is 32.2. The van der Waals surface area contributed by atoms with Gasteiger partial charge in [0, 0.05) is 36.8 Å². The lowest BCUT2D eigenvalue weighted by molar-refractivity contribution is -0.137. The van der Waals surface area contributed by atoms with Gasteiger partial charge in [0.1, 0.15) is 11.9 Å². The Hall–Kier alpha value is -3.61. The number of aliphatic hydroxyl groups excluding tert-OH is 1. The number of fused-ring (bicyclic) bond motifs is 1. The van der Waals surface area contributed by atoms with Crippen LogP contribution in [0.3, 0.4) is 0 Å². The molecule has 1 amide bonds. The standard InChI is InChI=1S/C32H38F3N3O5S/c1-21-5-12-28(13-6-21)44(41,42)36-27-11-14-29-25(15-27)16-31(40)38(23(3)20-39)17-22(2)30(43-29)19-37(4)18-24-7-9-26(10-8-24)32(33,34)35/h5-15,22-23,30,36,39H,16-20H2,1-4H3/t22-,23-,30+/m1/s1. The van der Waals surface area contributed by atoms with Gasteiger partial charge in [-0.15, -0.1) is 0 Å². The van der Waals surface area contributed by atoms with Crippen molar-refractivity contribution in [2.75, 3.05) is 31.5 Å². The Labute approximate surface area is 256 Å². The average Bonchev–Trinajstić information content (AvgIpc) is 3.00. The molecule has 1 aliphatic heterocycles. The number of nitrogens with one attached hydrogen (secondary N) is 1. The highest BCUT2D eigenvalue weighted by atomic mass is 32.2. The van der Waals surface area contributed by atoms with E-state index in [0.29, 0.717) is 36.5 Å². The van der Waals surface area contributed by atoms with Crippen molar-refractivity contribution >= 4 is 21.6 Å². The molecule has 2 N–H and O–H groups in total. The first-order valence-electron chi connectivity index (χ1n) is 14.3. The number of hydrogen-bond acceptors (Lipinski definition) is 6. The number of carbonyl (C=O) groups excluding carboxylic acids is 1. The molecule has 238 valence electrons. The fourth-order valence-corrected chi connectivity index (χ4v) is 6.17. The molecule has 3 atom stereocenters. The molecule has 0 aliphatic carbocycles. The summed E-state index contributed by atoms with van der Waals surface area (Å²) in [5.74, 6) is 0.00383. The highest BCUT2D eigenvalue weighted by Crippen LogP contribution is 2.31. The minimum absolute atomic E-state index is 0.0688. The van der Waals surface area contributed by atoms with E-state index in [1.165, 1.54) is 24.3 Å². The van der Waals surface area contributed by atoms with E-state index in [1.54, 1.807) is 42.2 Å². The first-order valence-corrected chi connectivity index (χ1v) is 15.8. The molecule has 0 spiro atoms. The molecule has 3 aromatic carbocycles. The summed E-state index contributed by atoms with van der Waals surface area (Å²) in [4.78, 5) is 17.1. The van der Waals surface area contributed by atoms with E-state index in [9.17, 15) is 31.5 Å². The predicted molar refractivity (Wildman–Crippen MR) is 162 cm³/mol. The molecule has 0 bridgehead atoms. The minimum atomic E-state index is -4.41. The fourth-order valence-electron chi connectivity index (χ4n) is 5.12. The zero-order valence-corrected chi connectivity index (χ0v) is 26.0. The molecule has 44 heavy (non-hydrogen) atoms. The summed E-state index contributed by atoms with van der Waals surface area (Å²) in [5.41, 5.74) is 1.67. The predicted octanol–water partition coefficient (Wildman–Crippen LogP) is 5.10. The molecule has 4 rings (SSSR count). The van der Waals surface area contributed by atoms with Crippen LogP contribution in [0, 0.1) is 12.8 Å². The summed E-state index contributed by atoms with van der Waals surface area (Å²) >= 11 is 0. The first-order chi connectivity index (χ1) is 20.7. The van der Waals surface area contributed by atoms with E-state index in [0.717, 1.165) is 17.7 Å². The number of alkyl halides is 3. The van der Waals surface area contributed by atoms with Crippen molar-refractivity contribution in [1.82, 2.24) is 9.80 Å². The van der Waals surface area contributed by atoms with Crippen LogP contribution in [-0.4, -0.2) is 68.1 Å². The normalized spacial score (nSPS) is 18.6. The number of anilines is 1. The minimum Gasteiger partial charge on any atom is -0.488 e. The maximum atomic E-state index is 13.5. The maximum Gasteiger partial charge on any atom is 0.416 e. The molecular weight excluding hydrogens is 595 g/mol. The molecule has 12 heteroatoms. The number of rotatable bonds is 9. The van der Waals surface area contributed by atoms with Crippen LogP contribution < -0.4 is 9.46 Å². The van der Waals surface area contributed by atoms with E-state index in [4.69, 9.17) is 4.74 Å². The van der Waals surface area contributed by atoms with E-state index in [2.05, 4.69) is 4.72 Å². The Morgan fingerprint density at radius 1 is 1.09 bits per heavy atom. The van der Waals surface area contributed by atoms with Crippen molar-refractivity contribution in [2.24, 2.45) is 5.92 Å². The van der Waals surface area contributed by atoms with Gasteiger partial charge in [-0.3, -0.25) is 14.4 Å². The average molecular weight is 634 g/mol. The number of carbonyl (C=O) groups is 1. The van der Waals surface area contributed by atoms with Crippen LogP contribution >= 0.6 is 0 Å². The largest absolute Gasteiger partial charge is 0.488 e. The SMILES string of the molecule is Cc1ccc(S(=O)(=O)Nc2ccc3c(c2)CC(=O)N([C@H](C)CO)C[C@@H](C)[C@H](CN(C)Cc2ccc(C(F)(F)F)cc2)O3)cc1. The van der Waals surface area contributed by atoms with Crippen molar-refractivity contribution in [3.05, 3.63) is 89.0 Å². The number of benzene rings is 3. The maximum absolute atomic E-state index is 13.5. The second-order valence-electron chi connectivity index (χ2n) is 11.5. The van der Waals surface area contributed by atoms with Crippen molar-refractivity contribution in [3.63, 3.8) is 0 Å². The second-order valence-corrected chi connectivity index (χ2v) is 13.2. The molecule has 8 nitrogen and oxygen atoms in total. The Morgan fingerprint density at radius 2 is 1.75 bits per heavy atom. The van der Waals surface area contributed by atoms with E-state index in [1.807, 2.05) is 25.8 Å². The molecule has 0 saturated heterocycles. The smallest absolute Gasteiger partial charge is 0.416 e.